The van der Waals surface area contributed by atoms with Crippen LogP contribution in [0.25, 0.3) is 0 Å². The standard InChI is InChI=1S/C19H30O/c1-2-3-4-5-6-7-8-9-13-17-15-16-12-10-11-14-18(16)19(17)20/h10-12,14,17,19-20H,2-9,13,15H2,1H3. The van der Waals surface area contributed by atoms with Gasteiger partial charge in [0.2, 0.25) is 0 Å². The SMILES string of the molecule is CCCCCCCCCCC1Cc2ccccc2C1O. The minimum atomic E-state index is -0.212. The molecule has 2 atom stereocenters. The predicted molar refractivity (Wildman–Crippen MR) is 85.8 cm³/mol. The lowest BCUT2D eigenvalue weighted by Crippen LogP contribution is -2.06. The Morgan fingerprint density at radius 1 is 0.950 bits per heavy atom. The Bertz CT molecular complexity index is 385. The van der Waals surface area contributed by atoms with E-state index < -0.39 is 0 Å². The molecule has 0 saturated heterocycles. The average Bonchev–Trinajstić information content (AvgIpc) is 2.79. The topological polar surface area (TPSA) is 20.2 Å². The molecule has 2 unspecified atom stereocenters. The Labute approximate surface area is 124 Å². The van der Waals surface area contributed by atoms with E-state index in [-0.39, 0.29) is 6.10 Å². The van der Waals surface area contributed by atoms with E-state index >= 15 is 0 Å². The number of aliphatic hydroxyl groups excluding tert-OH is 1. The summed E-state index contributed by atoms with van der Waals surface area (Å²) < 4.78 is 0. The summed E-state index contributed by atoms with van der Waals surface area (Å²) in [6.07, 6.45) is 13.0. The number of hydrogen-bond donors (Lipinski definition) is 1. The molecule has 1 aromatic carbocycles. The second-order valence-corrected chi connectivity index (χ2v) is 6.37. The van der Waals surface area contributed by atoms with Crippen molar-refractivity contribution in [2.45, 2.75) is 77.2 Å². The van der Waals surface area contributed by atoms with Crippen molar-refractivity contribution < 1.29 is 5.11 Å². The molecule has 0 saturated carbocycles. The maximum atomic E-state index is 10.3. The second kappa shape index (κ2) is 8.46. The quantitative estimate of drug-likeness (QED) is 0.596. The summed E-state index contributed by atoms with van der Waals surface area (Å²) in [5.41, 5.74) is 2.54. The summed E-state index contributed by atoms with van der Waals surface area (Å²) in [6.45, 7) is 2.27. The van der Waals surface area contributed by atoms with Gasteiger partial charge in [0.05, 0.1) is 6.10 Å². The van der Waals surface area contributed by atoms with E-state index in [1.807, 2.05) is 6.07 Å². The smallest absolute Gasteiger partial charge is 0.0824 e. The van der Waals surface area contributed by atoms with Crippen LogP contribution < -0.4 is 0 Å². The van der Waals surface area contributed by atoms with Gasteiger partial charge in [-0.1, -0.05) is 82.6 Å². The Balaban J connectivity index is 1.58. The van der Waals surface area contributed by atoms with Crippen LogP contribution in [0.15, 0.2) is 24.3 Å². The normalized spacial score (nSPS) is 21.1. The third-order valence-electron chi connectivity index (χ3n) is 4.73. The lowest BCUT2D eigenvalue weighted by atomic mass is 9.95. The molecule has 1 aliphatic rings. The zero-order chi connectivity index (χ0) is 14.2. The molecule has 0 heterocycles. The number of fused-ring (bicyclic) bond motifs is 1. The minimum absolute atomic E-state index is 0.212. The molecular formula is C19H30O. The number of rotatable bonds is 9. The van der Waals surface area contributed by atoms with Crippen molar-refractivity contribution in [2.24, 2.45) is 5.92 Å². The monoisotopic (exact) mass is 274 g/mol. The first-order valence-electron chi connectivity index (χ1n) is 8.58. The number of hydrogen-bond acceptors (Lipinski definition) is 1. The van der Waals surface area contributed by atoms with Crippen LogP contribution in [0.3, 0.4) is 0 Å². The number of benzene rings is 1. The summed E-state index contributed by atoms with van der Waals surface area (Å²) >= 11 is 0. The van der Waals surface area contributed by atoms with Gasteiger partial charge in [0, 0.05) is 0 Å². The van der Waals surface area contributed by atoms with E-state index in [4.69, 9.17) is 0 Å². The van der Waals surface area contributed by atoms with Gasteiger partial charge in [0.15, 0.2) is 0 Å². The van der Waals surface area contributed by atoms with Crippen molar-refractivity contribution in [3.05, 3.63) is 35.4 Å². The van der Waals surface area contributed by atoms with Crippen LogP contribution in [0.2, 0.25) is 0 Å². The van der Waals surface area contributed by atoms with Crippen LogP contribution in [0, 0.1) is 5.92 Å². The fourth-order valence-corrected chi connectivity index (χ4v) is 3.46. The molecule has 20 heavy (non-hydrogen) atoms. The molecule has 1 heteroatoms. The molecular weight excluding hydrogens is 244 g/mol. The Morgan fingerprint density at radius 3 is 2.30 bits per heavy atom. The third kappa shape index (κ3) is 4.34. The fraction of sp³-hybridized carbons (Fsp3) is 0.684. The van der Waals surface area contributed by atoms with Crippen molar-refractivity contribution in [1.82, 2.24) is 0 Å². The van der Waals surface area contributed by atoms with Gasteiger partial charge in [0.1, 0.15) is 0 Å². The van der Waals surface area contributed by atoms with Crippen LogP contribution in [0.5, 0.6) is 0 Å². The van der Waals surface area contributed by atoms with E-state index in [2.05, 4.69) is 25.1 Å². The molecule has 0 spiro atoms. The first-order valence-corrected chi connectivity index (χ1v) is 8.58. The second-order valence-electron chi connectivity index (χ2n) is 6.37. The summed E-state index contributed by atoms with van der Waals surface area (Å²) in [5.74, 6) is 0.465. The highest BCUT2D eigenvalue weighted by Gasteiger charge is 2.29. The van der Waals surface area contributed by atoms with Gasteiger partial charge in [-0.2, -0.15) is 0 Å². The molecule has 1 N–H and O–H groups in total. The van der Waals surface area contributed by atoms with Gasteiger partial charge >= 0.3 is 0 Å². The molecule has 0 aliphatic heterocycles. The molecule has 1 nitrogen and oxygen atoms in total. The van der Waals surface area contributed by atoms with Crippen molar-refractivity contribution in [3.8, 4) is 0 Å². The summed E-state index contributed by atoms with van der Waals surface area (Å²) in [4.78, 5) is 0. The largest absolute Gasteiger partial charge is 0.388 e. The lowest BCUT2D eigenvalue weighted by molar-refractivity contribution is 0.116. The van der Waals surface area contributed by atoms with Crippen LogP contribution in [-0.4, -0.2) is 5.11 Å². The maximum absolute atomic E-state index is 10.3. The summed E-state index contributed by atoms with van der Waals surface area (Å²) in [7, 11) is 0. The Kier molecular flexibility index (Phi) is 6.59. The van der Waals surface area contributed by atoms with Gasteiger partial charge in [-0.15, -0.1) is 0 Å². The zero-order valence-electron chi connectivity index (χ0n) is 13.0. The van der Waals surface area contributed by atoms with Crippen molar-refractivity contribution in [2.75, 3.05) is 0 Å². The highest BCUT2D eigenvalue weighted by atomic mass is 16.3. The van der Waals surface area contributed by atoms with Crippen molar-refractivity contribution in [3.63, 3.8) is 0 Å². The van der Waals surface area contributed by atoms with E-state index in [0.29, 0.717) is 5.92 Å². The minimum Gasteiger partial charge on any atom is -0.388 e. The number of aliphatic hydroxyl groups is 1. The van der Waals surface area contributed by atoms with E-state index in [9.17, 15) is 5.11 Å². The summed E-state index contributed by atoms with van der Waals surface area (Å²) in [5, 5.41) is 10.3. The molecule has 112 valence electrons. The van der Waals surface area contributed by atoms with E-state index in [1.54, 1.807) is 0 Å². The molecule has 0 bridgehead atoms. The third-order valence-corrected chi connectivity index (χ3v) is 4.73. The predicted octanol–water partition coefficient (Wildman–Crippen LogP) is 5.42. The molecule has 0 aromatic heterocycles. The first kappa shape index (κ1) is 15.6. The fourth-order valence-electron chi connectivity index (χ4n) is 3.46. The van der Waals surface area contributed by atoms with Crippen molar-refractivity contribution >= 4 is 0 Å². The van der Waals surface area contributed by atoms with Gasteiger partial charge in [-0.05, 0) is 29.9 Å². The molecule has 0 amide bonds. The van der Waals surface area contributed by atoms with Gasteiger partial charge in [-0.3, -0.25) is 0 Å². The Morgan fingerprint density at radius 2 is 1.60 bits per heavy atom. The van der Waals surface area contributed by atoms with Crippen LogP contribution >= 0.6 is 0 Å². The molecule has 1 aromatic rings. The van der Waals surface area contributed by atoms with Crippen LogP contribution in [0.4, 0.5) is 0 Å². The first-order chi connectivity index (χ1) is 9.83. The van der Waals surface area contributed by atoms with Gasteiger partial charge < -0.3 is 5.11 Å². The Hall–Kier alpha value is -0.820. The highest BCUT2D eigenvalue weighted by Crippen LogP contribution is 2.38. The lowest BCUT2D eigenvalue weighted by Gasteiger charge is -2.14. The van der Waals surface area contributed by atoms with E-state index in [1.165, 1.54) is 68.9 Å². The highest BCUT2D eigenvalue weighted by molar-refractivity contribution is 5.34. The molecule has 0 radical (unpaired) electrons. The van der Waals surface area contributed by atoms with Gasteiger partial charge in [-0.25, -0.2) is 0 Å². The maximum Gasteiger partial charge on any atom is 0.0824 e. The van der Waals surface area contributed by atoms with Gasteiger partial charge in [0.25, 0.3) is 0 Å². The van der Waals surface area contributed by atoms with E-state index in [0.717, 1.165) is 6.42 Å². The zero-order valence-corrected chi connectivity index (χ0v) is 13.0. The van der Waals surface area contributed by atoms with Crippen LogP contribution in [0.1, 0.15) is 81.9 Å². The average molecular weight is 274 g/mol. The number of unbranched alkanes of at least 4 members (excludes halogenated alkanes) is 7. The molecule has 0 fully saturated rings. The van der Waals surface area contributed by atoms with Crippen molar-refractivity contribution in [1.29, 1.82) is 0 Å². The molecule has 2 rings (SSSR count). The molecule has 1 aliphatic carbocycles. The summed E-state index contributed by atoms with van der Waals surface area (Å²) in [6, 6.07) is 8.39. The van der Waals surface area contributed by atoms with Crippen LogP contribution in [-0.2, 0) is 6.42 Å².